The van der Waals surface area contributed by atoms with E-state index >= 15 is 0 Å². The second-order valence-electron chi connectivity index (χ2n) is 4.15. The predicted octanol–water partition coefficient (Wildman–Crippen LogP) is 2.63. The molecule has 0 aliphatic heterocycles. The first-order valence-corrected chi connectivity index (χ1v) is 5.36. The summed E-state index contributed by atoms with van der Waals surface area (Å²) >= 11 is 0. The van der Waals surface area contributed by atoms with Crippen LogP contribution in [0.1, 0.15) is 30.0 Å². The molecule has 0 unspecified atom stereocenters. The van der Waals surface area contributed by atoms with Crippen molar-refractivity contribution in [3.05, 3.63) is 28.8 Å². The quantitative estimate of drug-likeness (QED) is 0.824. The maximum absolute atomic E-state index is 9.23. The molecule has 1 aromatic rings. The summed E-state index contributed by atoms with van der Waals surface area (Å²) in [7, 11) is 1.70. The van der Waals surface area contributed by atoms with Crippen LogP contribution in [0.2, 0.25) is 0 Å². The van der Waals surface area contributed by atoms with Crippen LogP contribution >= 0.6 is 0 Å². The third kappa shape index (κ3) is 3.24. The van der Waals surface area contributed by atoms with Gasteiger partial charge in [-0.25, -0.2) is 0 Å². The van der Waals surface area contributed by atoms with Crippen molar-refractivity contribution in [1.82, 2.24) is 0 Å². The van der Waals surface area contributed by atoms with Gasteiger partial charge in [-0.2, -0.15) is 0 Å². The van der Waals surface area contributed by atoms with E-state index < -0.39 is 0 Å². The number of methoxy groups -OCH3 is 1. The largest absolute Gasteiger partial charge is 0.496 e. The first-order chi connectivity index (χ1) is 7.04. The Morgan fingerprint density at radius 3 is 2.20 bits per heavy atom. The van der Waals surface area contributed by atoms with Gasteiger partial charge in [0.05, 0.1) is 13.2 Å². The van der Waals surface area contributed by atoms with Crippen LogP contribution in [-0.4, -0.2) is 18.3 Å². The number of aliphatic hydroxyl groups is 1. The molecule has 0 bridgehead atoms. The van der Waals surface area contributed by atoms with Crippen LogP contribution in [0.25, 0.3) is 0 Å². The molecule has 0 saturated heterocycles. The first kappa shape index (κ1) is 12.1. The molecule has 0 saturated carbocycles. The molecule has 15 heavy (non-hydrogen) atoms. The zero-order valence-electron chi connectivity index (χ0n) is 10.0. The Labute approximate surface area is 91.9 Å². The van der Waals surface area contributed by atoms with Crippen LogP contribution in [-0.2, 0) is 6.42 Å². The van der Waals surface area contributed by atoms with Crippen molar-refractivity contribution < 1.29 is 9.84 Å². The van der Waals surface area contributed by atoms with E-state index in [4.69, 9.17) is 4.74 Å². The normalized spacial score (nSPS) is 12.6. The molecule has 1 N–H and O–H groups in total. The molecule has 0 heterocycles. The third-order valence-corrected chi connectivity index (χ3v) is 2.58. The van der Waals surface area contributed by atoms with Crippen molar-refractivity contribution in [2.45, 2.75) is 39.7 Å². The minimum Gasteiger partial charge on any atom is -0.496 e. The lowest BCUT2D eigenvalue weighted by atomic mass is 10.0. The van der Waals surface area contributed by atoms with Crippen LogP contribution in [0.5, 0.6) is 5.75 Å². The fourth-order valence-electron chi connectivity index (χ4n) is 1.88. The molecule has 1 aromatic carbocycles. The number of hydrogen-bond donors (Lipinski definition) is 1. The van der Waals surface area contributed by atoms with Gasteiger partial charge in [-0.05, 0) is 50.3 Å². The summed E-state index contributed by atoms with van der Waals surface area (Å²) < 4.78 is 5.31. The van der Waals surface area contributed by atoms with Gasteiger partial charge in [0.1, 0.15) is 5.75 Å². The number of benzene rings is 1. The Bertz CT molecular complexity index is 306. The molecule has 0 aliphatic carbocycles. The second kappa shape index (κ2) is 5.17. The number of aryl methyl sites for hydroxylation is 3. The highest BCUT2D eigenvalue weighted by molar-refractivity contribution is 5.43. The first-order valence-electron chi connectivity index (χ1n) is 5.36. The van der Waals surface area contributed by atoms with Gasteiger partial charge in [-0.3, -0.25) is 0 Å². The summed E-state index contributed by atoms with van der Waals surface area (Å²) in [5, 5.41) is 9.23. The van der Waals surface area contributed by atoms with Gasteiger partial charge in [-0.1, -0.05) is 12.1 Å². The maximum Gasteiger partial charge on any atom is 0.124 e. The van der Waals surface area contributed by atoms with Crippen LogP contribution in [0, 0.1) is 13.8 Å². The van der Waals surface area contributed by atoms with E-state index in [1.165, 1.54) is 5.56 Å². The van der Waals surface area contributed by atoms with Gasteiger partial charge in [-0.15, -0.1) is 0 Å². The molecule has 2 nitrogen and oxygen atoms in total. The van der Waals surface area contributed by atoms with Gasteiger partial charge in [0.2, 0.25) is 0 Å². The molecular formula is C13H20O2. The van der Waals surface area contributed by atoms with Gasteiger partial charge < -0.3 is 9.84 Å². The monoisotopic (exact) mass is 208 g/mol. The van der Waals surface area contributed by atoms with E-state index in [1.54, 1.807) is 7.11 Å². The summed E-state index contributed by atoms with van der Waals surface area (Å²) in [5.74, 6) is 0.968. The van der Waals surface area contributed by atoms with E-state index in [0.29, 0.717) is 0 Å². The average molecular weight is 208 g/mol. The van der Waals surface area contributed by atoms with Gasteiger partial charge in [0.25, 0.3) is 0 Å². The topological polar surface area (TPSA) is 29.5 Å². The average Bonchev–Trinajstić information content (AvgIpc) is 2.14. The zero-order valence-corrected chi connectivity index (χ0v) is 10.0. The lowest BCUT2D eigenvalue weighted by molar-refractivity contribution is 0.185. The molecule has 2 heteroatoms. The fraction of sp³-hybridized carbons (Fsp3) is 0.538. The SMILES string of the molecule is COc1c(C)cc(CC[C@H](C)O)cc1C. The molecule has 1 atom stereocenters. The Morgan fingerprint density at radius 1 is 1.27 bits per heavy atom. The van der Waals surface area contributed by atoms with Gasteiger partial charge in [0, 0.05) is 0 Å². The number of aliphatic hydroxyl groups excluding tert-OH is 1. The van der Waals surface area contributed by atoms with Crippen LogP contribution < -0.4 is 4.74 Å². The van der Waals surface area contributed by atoms with E-state index in [9.17, 15) is 5.11 Å². The maximum atomic E-state index is 9.23. The minimum absolute atomic E-state index is 0.229. The molecule has 0 fully saturated rings. The van der Waals surface area contributed by atoms with Crippen molar-refractivity contribution >= 4 is 0 Å². The van der Waals surface area contributed by atoms with Crippen molar-refractivity contribution in [3.63, 3.8) is 0 Å². The summed E-state index contributed by atoms with van der Waals surface area (Å²) in [6.07, 6.45) is 1.50. The Balaban J connectivity index is 2.84. The number of hydrogen-bond acceptors (Lipinski definition) is 2. The molecule has 0 spiro atoms. The van der Waals surface area contributed by atoms with E-state index in [2.05, 4.69) is 26.0 Å². The Hall–Kier alpha value is -1.02. The summed E-state index contributed by atoms with van der Waals surface area (Å²) in [6, 6.07) is 4.27. The standard InChI is InChI=1S/C13H20O2/c1-9-7-12(6-5-11(3)14)8-10(2)13(9)15-4/h7-8,11,14H,5-6H2,1-4H3/t11-/m0/s1. The van der Waals surface area contributed by atoms with Crippen LogP contribution in [0.3, 0.4) is 0 Å². The summed E-state index contributed by atoms with van der Waals surface area (Å²) in [6.45, 7) is 5.93. The molecule has 0 amide bonds. The van der Waals surface area contributed by atoms with Crippen LogP contribution in [0.4, 0.5) is 0 Å². The van der Waals surface area contributed by atoms with Crippen molar-refractivity contribution in [3.8, 4) is 5.75 Å². The van der Waals surface area contributed by atoms with Crippen molar-refractivity contribution in [2.24, 2.45) is 0 Å². The molecule has 0 aliphatic rings. The highest BCUT2D eigenvalue weighted by Crippen LogP contribution is 2.24. The van der Waals surface area contributed by atoms with Crippen LogP contribution in [0.15, 0.2) is 12.1 Å². The Kier molecular flexibility index (Phi) is 4.15. The molecular weight excluding hydrogens is 188 g/mol. The predicted molar refractivity (Wildman–Crippen MR) is 62.5 cm³/mol. The number of ether oxygens (including phenoxy) is 1. The second-order valence-corrected chi connectivity index (χ2v) is 4.15. The van der Waals surface area contributed by atoms with Crippen molar-refractivity contribution in [1.29, 1.82) is 0 Å². The highest BCUT2D eigenvalue weighted by Gasteiger charge is 2.05. The van der Waals surface area contributed by atoms with Crippen molar-refractivity contribution in [2.75, 3.05) is 7.11 Å². The Morgan fingerprint density at radius 2 is 1.80 bits per heavy atom. The van der Waals surface area contributed by atoms with E-state index in [0.717, 1.165) is 29.7 Å². The third-order valence-electron chi connectivity index (χ3n) is 2.58. The van der Waals surface area contributed by atoms with Gasteiger partial charge >= 0.3 is 0 Å². The minimum atomic E-state index is -0.229. The smallest absolute Gasteiger partial charge is 0.124 e. The fourth-order valence-corrected chi connectivity index (χ4v) is 1.88. The van der Waals surface area contributed by atoms with E-state index in [-0.39, 0.29) is 6.10 Å². The van der Waals surface area contributed by atoms with Gasteiger partial charge in [0.15, 0.2) is 0 Å². The molecule has 84 valence electrons. The molecule has 1 rings (SSSR count). The molecule has 0 aromatic heterocycles. The zero-order chi connectivity index (χ0) is 11.4. The number of rotatable bonds is 4. The summed E-state index contributed by atoms with van der Waals surface area (Å²) in [4.78, 5) is 0. The lowest BCUT2D eigenvalue weighted by Crippen LogP contribution is -2.02. The molecule has 0 radical (unpaired) electrons. The summed E-state index contributed by atoms with van der Waals surface area (Å²) in [5.41, 5.74) is 3.60. The lowest BCUT2D eigenvalue weighted by Gasteiger charge is -2.11. The highest BCUT2D eigenvalue weighted by atomic mass is 16.5. The van der Waals surface area contributed by atoms with E-state index in [1.807, 2.05) is 6.92 Å².